The van der Waals surface area contributed by atoms with E-state index in [1.165, 1.54) is 13.0 Å². The van der Waals surface area contributed by atoms with E-state index >= 15 is 0 Å². The molecule has 0 aromatic carbocycles. The van der Waals surface area contributed by atoms with Gasteiger partial charge in [-0.15, -0.1) is 0 Å². The van der Waals surface area contributed by atoms with Crippen LogP contribution in [0.3, 0.4) is 0 Å². The van der Waals surface area contributed by atoms with Gasteiger partial charge < -0.3 is 4.74 Å². The van der Waals surface area contributed by atoms with E-state index in [0.717, 1.165) is 13.2 Å². The molecule has 0 unspecified atom stereocenters. The maximum absolute atomic E-state index is 5.72. The Kier molecular flexibility index (Phi) is 1.92. The number of hydrogen-bond donors (Lipinski definition) is 0. The molecule has 0 spiro atoms. The molecule has 2 aliphatic heterocycles. The predicted octanol–water partition coefficient (Wildman–Crippen LogP) is 1.51. The highest BCUT2D eigenvalue weighted by Gasteiger charge is 2.43. The lowest BCUT2D eigenvalue weighted by Crippen LogP contribution is -2.47. The monoisotopic (exact) mass is 169 g/mol. The minimum atomic E-state index is 0.452. The van der Waals surface area contributed by atoms with Crippen LogP contribution in [0, 0.1) is 5.41 Å². The van der Waals surface area contributed by atoms with Crippen LogP contribution in [0.2, 0.25) is 0 Å². The maximum Gasteiger partial charge on any atom is 0.0708 e. The van der Waals surface area contributed by atoms with Gasteiger partial charge in [0.05, 0.1) is 12.7 Å². The Morgan fingerprint density at radius 1 is 1.50 bits per heavy atom. The third kappa shape index (κ3) is 1.38. The first-order valence-corrected chi connectivity index (χ1v) is 4.95. The summed E-state index contributed by atoms with van der Waals surface area (Å²) >= 11 is 0. The zero-order valence-electron chi connectivity index (χ0n) is 8.34. The van der Waals surface area contributed by atoms with Crippen LogP contribution in [0.25, 0.3) is 0 Å². The summed E-state index contributed by atoms with van der Waals surface area (Å²) < 4.78 is 5.72. The van der Waals surface area contributed by atoms with Crippen molar-refractivity contribution >= 4 is 0 Å². The van der Waals surface area contributed by atoms with Crippen molar-refractivity contribution < 1.29 is 4.74 Å². The molecule has 2 bridgehead atoms. The minimum Gasteiger partial charge on any atom is -0.376 e. The van der Waals surface area contributed by atoms with Crippen LogP contribution < -0.4 is 0 Å². The Morgan fingerprint density at radius 3 is 2.83 bits per heavy atom. The highest BCUT2D eigenvalue weighted by atomic mass is 16.5. The first-order valence-electron chi connectivity index (χ1n) is 4.95. The number of fused-ring (bicyclic) bond motifs is 2. The van der Waals surface area contributed by atoms with Crippen molar-refractivity contribution in [1.82, 2.24) is 4.90 Å². The minimum absolute atomic E-state index is 0.452. The molecule has 0 amide bonds. The van der Waals surface area contributed by atoms with E-state index in [1.807, 2.05) is 0 Å². The number of rotatable bonds is 1. The van der Waals surface area contributed by atoms with E-state index in [0.29, 0.717) is 17.6 Å². The summed E-state index contributed by atoms with van der Waals surface area (Å²) in [6.07, 6.45) is 1.79. The van der Waals surface area contributed by atoms with Crippen molar-refractivity contribution in [3.05, 3.63) is 0 Å². The molecule has 2 heterocycles. The SMILES string of the molecule is CC(C)N1C[C@@H]2C[C@@](C)(CO2)C1. The van der Waals surface area contributed by atoms with Gasteiger partial charge >= 0.3 is 0 Å². The third-order valence-electron chi connectivity index (χ3n) is 3.14. The summed E-state index contributed by atoms with van der Waals surface area (Å²) in [7, 11) is 0. The van der Waals surface area contributed by atoms with E-state index < -0.39 is 0 Å². The first-order chi connectivity index (χ1) is 5.59. The fourth-order valence-corrected chi connectivity index (χ4v) is 2.42. The van der Waals surface area contributed by atoms with Gasteiger partial charge in [0.25, 0.3) is 0 Å². The molecule has 2 heteroatoms. The van der Waals surface area contributed by atoms with Gasteiger partial charge in [0.2, 0.25) is 0 Å². The number of hydrogen-bond acceptors (Lipinski definition) is 2. The lowest BCUT2D eigenvalue weighted by atomic mass is 9.84. The molecule has 0 aromatic rings. The van der Waals surface area contributed by atoms with Crippen LogP contribution in [0.4, 0.5) is 0 Å². The van der Waals surface area contributed by atoms with Gasteiger partial charge in [-0.3, -0.25) is 4.90 Å². The average Bonchev–Trinajstić information content (AvgIpc) is 2.25. The standard InChI is InChI=1S/C10H19NO/c1-8(2)11-5-9-4-10(3,6-11)7-12-9/h8-9H,4-7H2,1-3H3/t9-,10+/m0/s1. The molecule has 2 aliphatic rings. The van der Waals surface area contributed by atoms with Crippen LogP contribution in [0.5, 0.6) is 0 Å². The van der Waals surface area contributed by atoms with Crippen LogP contribution in [0.15, 0.2) is 0 Å². The lowest BCUT2D eigenvalue weighted by molar-refractivity contribution is 0.0678. The molecule has 0 saturated carbocycles. The van der Waals surface area contributed by atoms with E-state index in [1.54, 1.807) is 0 Å². The molecule has 0 radical (unpaired) electrons. The van der Waals surface area contributed by atoms with Gasteiger partial charge in [-0.05, 0) is 20.3 Å². The summed E-state index contributed by atoms with van der Waals surface area (Å²) in [6, 6.07) is 0.675. The van der Waals surface area contributed by atoms with Gasteiger partial charge in [-0.2, -0.15) is 0 Å². The van der Waals surface area contributed by atoms with Crippen LogP contribution in [0.1, 0.15) is 27.2 Å². The smallest absolute Gasteiger partial charge is 0.0708 e. The molecule has 2 fully saturated rings. The Hall–Kier alpha value is -0.0800. The van der Waals surface area contributed by atoms with Crippen molar-refractivity contribution in [3.63, 3.8) is 0 Å². The van der Waals surface area contributed by atoms with Crippen molar-refractivity contribution in [2.45, 2.75) is 39.3 Å². The topological polar surface area (TPSA) is 12.5 Å². The summed E-state index contributed by atoms with van der Waals surface area (Å²) in [5, 5.41) is 0. The van der Waals surface area contributed by atoms with Crippen LogP contribution in [-0.4, -0.2) is 36.7 Å². The van der Waals surface area contributed by atoms with Gasteiger partial charge in [0.15, 0.2) is 0 Å². The third-order valence-corrected chi connectivity index (χ3v) is 3.14. The molecule has 2 atom stereocenters. The molecular formula is C10H19NO. The number of likely N-dealkylation sites (tertiary alicyclic amines) is 1. The summed E-state index contributed by atoms with van der Waals surface area (Å²) in [5.41, 5.74) is 0.452. The Morgan fingerprint density at radius 2 is 2.25 bits per heavy atom. The maximum atomic E-state index is 5.72. The van der Waals surface area contributed by atoms with Gasteiger partial charge in [0.1, 0.15) is 0 Å². The molecular weight excluding hydrogens is 150 g/mol. The lowest BCUT2D eigenvalue weighted by Gasteiger charge is -2.38. The molecule has 70 valence electrons. The zero-order valence-corrected chi connectivity index (χ0v) is 8.34. The highest BCUT2D eigenvalue weighted by Crippen LogP contribution is 2.38. The molecule has 2 rings (SSSR count). The predicted molar refractivity (Wildman–Crippen MR) is 49.2 cm³/mol. The van der Waals surface area contributed by atoms with E-state index in [-0.39, 0.29) is 0 Å². The Balaban J connectivity index is 2.06. The summed E-state index contributed by atoms with van der Waals surface area (Å²) in [5.74, 6) is 0. The molecule has 2 nitrogen and oxygen atoms in total. The summed E-state index contributed by atoms with van der Waals surface area (Å²) in [6.45, 7) is 10.2. The van der Waals surface area contributed by atoms with Crippen molar-refractivity contribution in [2.24, 2.45) is 5.41 Å². The molecule has 0 aliphatic carbocycles. The quantitative estimate of drug-likeness (QED) is 0.590. The van der Waals surface area contributed by atoms with Gasteiger partial charge in [0, 0.05) is 24.5 Å². The largest absolute Gasteiger partial charge is 0.376 e. The normalized spacial score (nSPS) is 42.5. The summed E-state index contributed by atoms with van der Waals surface area (Å²) in [4.78, 5) is 2.54. The molecule has 0 N–H and O–H groups in total. The second kappa shape index (κ2) is 2.71. The second-order valence-electron chi connectivity index (χ2n) is 4.97. The van der Waals surface area contributed by atoms with Crippen LogP contribution in [-0.2, 0) is 4.74 Å². The van der Waals surface area contributed by atoms with Gasteiger partial charge in [-0.1, -0.05) is 6.92 Å². The van der Waals surface area contributed by atoms with E-state index in [9.17, 15) is 0 Å². The van der Waals surface area contributed by atoms with Crippen molar-refractivity contribution in [2.75, 3.05) is 19.7 Å². The van der Waals surface area contributed by atoms with Crippen molar-refractivity contribution in [3.8, 4) is 0 Å². The zero-order chi connectivity index (χ0) is 8.77. The number of piperidine rings is 1. The second-order valence-corrected chi connectivity index (χ2v) is 4.97. The first kappa shape index (κ1) is 8.52. The number of ether oxygens (including phenoxy) is 1. The number of nitrogens with zero attached hydrogens (tertiary/aromatic N) is 1. The molecule has 12 heavy (non-hydrogen) atoms. The molecule has 0 aromatic heterocycles. The fraction of sp³-hybridized carbons (Fsp3) is 1.00. The van der Waals surface area contributed by atoms with E-state index in [4.69, 9.17) is 4.74 Å². The van der Waals surface area contributed by atoms with Crippen LogP contribution >= 0.6 is 0 Å². The average molecular weight is 169 g/mol. The molecule has 2 saturated heterocycles. The van der Waals surface area contributed by atoms with Crippen molar-refractivity contribution in [1.29, 1.82) is 0 Å². The fourth-order valence-electron chi connectivity index (χ4n) is 2.42. The Bertz CT molecular complexity index is 181. The Labute approximate surface area is 74.9 Å². The van der Waals surface area contributed by atoms with E-state index in [2.05, 4.69) is 25.7 Å². The highest BCUT2D eigenvalue weighted by molar-refractivity contribution is 4.94. The van der Waals surface area contributed by atoms with Gasteiger partial charge in [-0.25, -0.2) is 0 Å².